The Morgan fingerprint density at radius 1 is 1.18 bits per heavy atom. The van der Waals surface area contributed by atoms with E-state index in [-0.39, 0.29) is 18.2 Å². The van der Waals surface area contributed by atoms with Crippen molar-refractivity contribution < 1.29 is 19.0 Å². The Morgan fingerprint density at radius 2 is 1.85 bits per heavy atom. The van der Waals surface area contributed by atoms with Crippen LogP contribution in [0.5, 0.6) is 0 Å². The Hall–Kier alpha value is -2.96. The summed E-state index contributed by atoms with van der Waals surface area (Å²) in [4.78, 5) is 16.6. The van der Waals surface area contributed by atoms with Gasteiger partial charge in [-0.15, -0.1) is 0 Å². The first kappa shape index (κ1) is 23.2. The number of hydrogen-bond acceptors (Lipinski definition) is 4. The highest BCUT2D eigenvalue weighted by Gasteiger charge is 2.25. The number of imidazole rings is 1. The zero-order valence-electron chi connectivity index (χ0n) is 18.5. The number of benzene rings is 2. The molecule has 1 aliphatic heterocycles. The number of nitrogens with zero attached hydrogens (tertiary/aromatic N) is 2. The fourth-order valence-corrected chi connectivity index (χ4v) is 4.18. The molecule has 0 spiro atoms. The fraction of sp³-hybridized carbons (Fsp3) is 0.308. The lowest BCUT2D eigenvalue weighted by Gasteiger charge is -2.23. The molecule has 2 aromatic carbocycles. The highest BCUT2D eigenvalue weighted by molar-refractivity contribution is 6.30. The molecule has 2 atom stereocenters. The third-order valence-corrected chi connectivity index (χ3v) is 5.83. The number of aliphatic hydroxyl groups is 1. The van der Waals surface area contributed by atoms with Crippen molar-refractivity contribution in [2.24, 2.45) is 0 Å². The van der Waals surface area contributed by atoms with Crippen molar-refractivity contribution in [3.8, 4) is 22.5 Å². The van der Waals surface area contributed by atoms with Gasteiger partial charge in [-0.1, -0.05) is 43.7 Å². The van der Waals surface area contributed by atoms with Crippen molar-refractivity contribution in [2.75, 3.05) is 0 Å². The molecule has 7 heteroatoms. The highest BCUT2D eigenvalue weighted by atomic mass is 35.5. The van der Waals surface area contributed by atoms with Crippen LogP contribution in [-0.2, 0) is 16.1 Å². The fourth-order valence-electron chi connectivity index (χ4n) is 4.05. The number of cyclic esters (lactones) is 1. The number of aromatic nitrogens is 2. The monoisotopic (exact) mass is 468 g/mol. The van der Waals surface area contributed by atoms with E-state index < -0.39 is 18.2 Å². The van der Waals surface area contributed by atoms with Crippen LogP contribution in [0.15, 0.2) is 60.7 Å². The molecule has 2 unspecified atom stereocenters. The van der Waals surface area contributed by atoms with Crippen molar-refractivity contribution in [3.05, 3.63) is 77.3 Å². The smallest absolute Gasteiger partial charge is 0.309 e. The van der Waals surface area contributed by atoms with E-state index in [0.29, 0.717) is 18.0 Å². The predicted molar refractivity (Wildman–Crippen MR) is 126 cm³/mol. The molecule has 2 heterocycles. The molecule has 0 saturated carbocycles. The Kier molecular flexibility index (Phi) is 6.96. The van der Waals surface area contributed by atoms with Gasteiger partial charge >= 0.3 is 5.97 Å². The summed E-state index contributed by atoms with van der Waals surface area (Å²) >= 11 is 6.12. The molecule has 0 aliphatic carbocycles. The van der Waals surface area contributed by atoms with Gasteiger partial charge in [-0.05, 0) is 42.5 Å². The van der Waals surface area contributed by atoms with Crippen LogP contribution >= 0.6 is 11.6 Å². The van der Waals surface area contributed by atoms with E-state index in [2.05, 4.69) is 18.4 Å². The predicted octanol–water partition coefficient (Wildman–Crippen LogP) is 5.76. The van der Waals surface area contributed by atoms with Crippen LogP contribution in [0.2, 0.25) is 5.02 Å². The van der Waals surface area contributed by atoms with Crippen molar-refractivity contribution >= 4 is 17.6 Å². The first-order valence-corrected chi connectivity index (χ1v) is 11.4. The zero-order chi connectivity index (χ0) is 23.5. The van der Waals surface area contributed by atoms with Gasteiger partial charge in [0.2, 0.25) is 0 Å². The van der Waals surface area contributed by atoms with Gasteiger partial charge in [-0.25, -0.2) is 9.37 Å². The second-order valence-electron chi connectivity index (χ2n) is 8.50. The summed E-state index contributed by atoms with van der Waals surface area (Å²) < 4.78 is 21.0. The topological polar surface area (TPSA) is 64.3 Å². The van der Waals surface area contributed by atoms with Crippen LogP contribution in [0.3, 0.4) is 0 Å². The van der Waals surface area contributed by atoms with E-state index in [9.17, 15) is 14.3 Å². The average Bonchev–Trinajstić information content (AvgIpc) is 3.14. The number of esters is 1. The summed E-state index contributed by atoms with van der Waals surface area (Å²) in [7, 11) is 0. The van der Waals surface area contributed by atoms with E-state index in [1.54, 1.807) is 12.1 Å². The lowest BCUT2D eigenvalue weighted by Crippen LogP contribution is -2.31. The van der Waals surface area contributed by atoms with Gasteiger partial charge in [0.25, 0.3) is 0 Å². The molecule has 172 valence electrons. The molecule has 1 aromatic heterocycles. The summed E-state index contributed by atoms with van der Waals surface area (Å²) in [5.74, 6) is 0.314. The maximum Gasteiger partial charge on any atom is 0.309 e. The molecule has 1 aliphatic rings. The Bertz CT molecular complexity index is 1150. The van der Waals surface area contributed by atoms with Gasteiger partial charge in [-0.2, -0.15) is 0 Å². The second-order valence-corrected chi connectivity index (χ2v) is 8.93. The Morgan fingerprint density at radius 3 is 2.48 bits per heavy atom. The SMILES string of the molecule is CC(C)c1nc(-c2ccc(F)cc2)c(-c2ccc(Cl)cc2)n1CC=CC1CC(O)CC(=O)O1. The minimum absolute atomic E-state index is 0.0328. The Labute approximate surface area is 197 Å². The maximum absolute atomic E-state index is 13.6. The van der Waals surface area contributed by atoms with Crippen LogP contribution in [0, 0.1) is 5.82 Å². The first-order chi connectivity index (χ1) is 15.8. The first-order valence-electron chi connectivity index (χ1n) is 11.0. The third-order valence-electron chi connectivity index (χ3n) is 5.58. The number of carbonyl (C=O) groups is 1. The van der Waals surface area contributed by atoms with E-state index in [4.69, 9.17) is 21.3 Å². The van der Waals surface area contributed by atoms with E-state index in [1.807, 2.05) is 36.4 Å². The van der Waals surface area contributed by atoms with Crippen LogP contribution in [0.25, 0.3) is 22.5 Å². The summed E-state index contributed by atoms with van der Waals surface area (Å²) in [5.41, 5.74) is 3.41. The van der Waals surface area contributed by atoms with E-state index >= 15 is 0 Å². The molecule has 3 aromatic rings. The number of halogens is 2. The third kappa shape index (κ3) is 5.34. The van der Waals surface area contributed by atoms with Gasteiger partial charge in [0.1, 0.15) is 17.7 Å². The minimum Gasteiger partial charge on any atom is -0.458 e. The van der Waals surface area contributed by atoms with Gasteiger partial charge in [0.05, 0.1) is 23.9 Å². The molecule has 4 rings (SSSR count). The van der Waals surface area contributed by atoms with E-state index in [0.717, 1.165) is 28.3 Å². The molecule has 1 saturated heterocycles. The number of allylic oxidation sites excluding steroid dienone is 1. The molecule has 0 amide bonds. The normalized spacial score (nSPS) is 18.8. The van der Waals surface area contributed by atoms with Crippen LogP contribution < -0.4 is 0 Å². The van der Waals surface area contributed by atoms with E-state index in [1.165, 1.54) is 12.1 Å². The number of ether oxygens (including phenoxy) is 1. The summed E-state index contributed by atoms with van der Waals surface area (Å²) in [5, 5.41) is 10.5. The number of carbonyl (C=O) groups excluding carboxylic acids is 1. The van der Waals surface area contributed by atoms with Crippen LogP contribution in [0.4, 0.5) is 4.39 Å². The maximum atomic E-state index is 13.6. The van der Waals surface area contributed by atoms with Crippen LogP contribution in [0.1, 0.15) is 38.4 Å². The molecular weight excluding hydrogens is 443 g/mol. The summed E-state index contributed by atoms with van der Waals surface area (Å²) in [6.07, 6.45) is 3.02. The van der Waals surface area contributed by atoms with Gasteiger partial charge in [0, 0.05) is 35.0 Å². The van der Waals surface area contributed by atoms with Crippen molar-refractivity contribution in [1.29, 1.82) is 0 Å². The number of aliphatic hydroxyl groups excluding tert-OH is 1. The molecule has 5 nitrogen and oxygen atoms in total. The lowest BCUT2D eigenvalue weighted by atomic mass is 10.0. The van der Waals surface area contributed by atoms with Crippen molar-refractivity contribution in [1.82, 2.24) is 9.55 Å². The Balaban J connectivity index is 1.77. The average molecular weight is 469 g/mol. The van der Waals surface area contributed by atoms with Crippen molar-refractivity contribution in [3.63, 3.8) is 0 Å². The standard InChI is InChI=1S/C26H26ClFN2O3/c1-16(2)26-29-24(17-7-11-20(28)12-8-17)25(18-5-9-19(27)10-6-18)30(26)13-3-4-22-14-21(31)15-23(32)33-22/h3-12,16,21-22,31H,13-15H2,1-2H3. The van der Waals surface area contributed by atoms with Gasteiger partial charge in [0.15, 0.2) is 0 Å². The van der Waals surface area contributed by atoms with Crippen molar-refractivity contribution in [2.45, 2.75) is 51.4 Å². The zero-order valence-corrected chi connectivity index (χ0v) is 19.3. The number of rotatable bonds is 6. The minimum atomic E-state index is -0.685. The number of hydrogen-bond donors (Lipinski definition) is 1. The molecule has 33 heavy (non-hydrogen) atoms. The molecular formula is C26H26ClFN2O3. The molecule has 0 bridgehead atoms. The lowest BCUT2D eigenvalue weighted by molar-refractivity contribution is -0.156. The molecule has 1 fully saturated rings. The molecule has 0 radical (unpaired) electrons. The second kappa shape index (κ2) is 9.89. The van der Waals surface area contributed by atoms with Gasteiger partial charge in [-0.3, -0.25) is 4.79 Å². The summed E-state index contributed by atoms with van der Waals surface area (Å²) in [6, 6.07) is 13.8. The summed E-state index contributed by atoms with van der Waals surface area (Å²) in [6.45, 7) is 4.63. The van der Waals surface area contributed by atoms with Crippen LogP contribution in [-0.4, -0.2) is 32.8 Å². The highest BCUT2D eigenvalue weighted by Crippen LogP contribution is 2.35. The molecule has 1 N–H and O–H groups in total. The largest absolute Gasteiger partial charge is 0.458 e. The quantitative estimate of drug-likeness (QED) is 0.369. The van der Waals surface area contributed by atoms with Gasteiger partial charge < -0.3 is 14.4 Å².